The van der Waals surface area contributed by atoms with Gasteiger partial charge in [0.2, 0.25) is 0 Å². The molecule has 1 N–H and O–H groups in total. The molecule has 0 amide bonds. The van der Waals surface area contributed by atoms with E-state index in [2.05, 4.69) is 28.3 Å². The SMILES string of the molecule is CC(C)n1ccnc1CN1CC(O)CC1c1ccc(F)c(F)c1. The van der Waals surface area contributed by atoms with E-state index in [9.17, 15) is 13.9 Å². The van der Waals surface area contributed by atoms with Crippen molar-refractivity contribution < 1.29 is 13.9 Å². The van der Waals surface area contributed by atoms with E-state index in [1.165, 1.54) is 6.07 Å². The van der Waals surface area contributed by atoms with Crippen LogP contribution in [0.5, 0.6) is 0 Å². The molecule has 1 aromatic carbocycles. The molecule has 1 aromatic heterocycles. The maximum atomic E-state index is 13.5. The van der Waals surface area contributed by atoms with Gasteiger partial charge < -0.3 is 9.67 Å². The zero-order valence-electron chi connectivity index (χ0n) is 13.3. The fourth-order valence-corrected chi connectivity index (χ4v) is 3.24. The third kappa shape index (κ3) is 3.28. The number of aromatic nitrogens is 2. The van der Waals surface area contributed by atoms with Gasteiger partial charge in [-0.05, 0) is 38.0 Å². The largest absolute Gasteiger partial charge is 0.392 e. The van der Waals surface area contributed by atoms with Gasteiger partial charge in [-0.25, -0.2) is 13.8 Å². The van der Waals surface area contributed by atoms with Gasteiger partial charge >= 0.3 is 0 Å². The number of aliphatic hydroxyl groups excluding tert-OH is 1. The number of halogens is 2. The zero-order chi connectivity index (χ0) is 16.6. The topological polar surface area (TPSA) is 41.3 Å². The molecule has 0 spiro atoms. The minimum absolute atomic E-state index is 0.141. The number of hydrogen-bond donors (Lipinski definition) is 1. The first-order valence-electron chi connectivity index (χ1n) is 7.84. The first kappa shape index (κ1) is 16.1. The number of likely N-dealkylation sites (tertiary alicyclic amines) is 1. The van der Waals surface area contributed by atoms with Crippen molar-refractivity contribution in [2.45, 2.75) is 45.0 Å². The summed E-state index contributed by atoms with van der Waals surface area (Å²) < 4.78 is 28.8. The van der Waals surface area contributed by atoms with Crippen LogP contribution in [0.15, 0.2) is 30.6 Å². The quantitative estimate of drug-likeness (QED) is 0.941. The van der Waals surface area contributed by atoms with Crippen LogP contribution in [0.1, 0.15) is 43.7 Å². The second-order valence-electron chi connectivity index (χ2n) is 6.35. The van der Waals surface area contributed by atoms with Crippen LogP contribution in [-0.4, -0.2) is 32.2 Å². The Labute approximate surface area is 134 Å². The highest BCUT2D eigenvalue weighted by Crippen LogP contribution is 2.34. The number of rotatable bonds is 4. The molecule has 0 radical (unpaired) electrons. The van der Waals surface area contributed by atoms with Crippen LogP contribution in [0, 0.1) is 11.6 Å². The van der Waals surface area contributed by atoms with Gasteiger partial charge in [-0.3, -0.25) is 4.90 Å². The molecule has 23 heavy (non-hydrogen) atoms. The molecule has 0 aliphatic carbocycles. The van der Waals surface area contributed by atoms with Crippen molar-refractivity contribution in [2.24, 2.45) is 0 Å². The predicted molar refractivity (Wildman–Crippen MR) is 82.7 cm³/mol. The molecule has 2 unspecified atom stereocenters. The third-order valence-corrected chi connectivity index (χ3v) is 4.36. The standard InChI is InChI=1S/C17H21F2N3O/c1-11(2)22-6-5-20-17(22)10-21-9-13(23)8-16(21)12-3-4-14(18)15(19)7-12/h3-7,11,13,16,23H,8-10H2,1-2H3. The Bertz CT molecular complexity index is 686. The summed E-state index contributed by atoms with van der Waals surface area (Å²) in [5.41, 5.74) is 0.683. The summed E-state index contributed by atoms with van der Waals surface area (Å²) in [5.74, 6) is -0.802. The van der Waals surface area contributed by atoms with Gasteiger partial charge in [0.1, 0.15) is 5.82 Å². The average Bonchev–Trinajstić information content (AvgIpc) is 3.09. The van der Waals surface area contributed by atoms with Crippen LogP contribution >= 0.6 is 0 Å². The highest BCUT2D eigenvalue weighted by Gasteiger charge is 2.33. The number of hydrogen-bond acceptors (Lipinski definition) is 3. The van der Waals surface area contributed by atoms with Crippen molar-refractivity contribution in [3.8, 4) is 0 Å². The Kier molecular flexibility index (Phi) is 4.46. The molecular formula is C17H21F2N3O. The minimum atomic E-state index is -0.854. The molecule has 6 heteroatoms. The minimum Gasteiger partial charge on any atom is -0.392 e. The van der Waals surface area contributed by atoms with Gasteiger partial charge in [0, 0.05) is 31.0 Å². The fraction of sp³-hybridized carbons (Fsp3) is 0.471. The van der Waals surface area contributed by atoms with Crippen molar-refractivity contribution >= 4 is 0 Å². The lowest BCUT2D eigenvalue weighted by molar-refractivity contribution is 0.170. The summed E-state index contributed by atoms with van der Waals surface area (Å²) in [7, 11) is 0. The van der Waals surface area contributed by atoms with Crippen molar-refractivity contribution in [3.63, 3.8) is 0 Å². The average molecular weight is 321 g/mol. The molecule has 0 bridgehead atoms. The Morgan fingerprint density at radius 2 is 2.09 bits per heavy atom. The molecule has 2 heterocycles. The molecule has 1 saturated heterocycles. The summed E-state index contributed by atoms with van der Waals surface area (Å²) in [5, 5.41) is 10.0. The summed E-state index contributed by atoms with van der Waals surface area (Å²) in [4.78, 5) is 6.46. The van der Waals surface area contributed by atoms with E-state index in [4.69, 9.17) is 0 Å². The molecular weight excluding hydrogens is 300 g/mol. The predicted octanol–water partition coefficient (Wildman–Crippen LogP) is 3.05. The van der Waals surface area contributed by atoms with Gasteiger partial charge in [0.05, 0.1) is 12.6 Å². The number of imidazole rings is 1. The molecule has 3 rings (SSSR count). The van der Waals surface area contributed by atoms with Crippen molar-refractivity contribution in [1.29, 1.82) is 0 Å². The molecule has 1 fully saturated rings. The van der Waals surface area contributed by atoms with E-state index in [1.807, 2.05) is 6.20 Å². The molecule has 124 valence electrons. The maximum absolute atomic E-state index is 13.5. The van der Waals surface area contributed by atoms with E-state index >= 15 is 0 Å². The van der Waals surface area contributed by atoms with Crippen LogP contribution in [0.25, 0.3) is 0 Å². The molecule has 2 atom stereocenters. The molecule has 2 aromatic rings. The van der Waals surface area contributed by atoms with Crippen LogP contribution in [0.4, 0.5) is 8.78 Å². The van der Waals surface area contributed by atoms with E-state index in [1.54, 1.807) is 12.3 Å². The van der Waals surface area contributed by atoms with Crippen LogP contribution in [0.2, 0.25) is 0 Å². The first-order valence-corrected chi connectivity index (χ1v) is 7.84. The summed E-state index contributed by atoms with van der Waals surface area (Å²) in [6, 6.07) is 4.10. The lowest BCUT2D eigenvalue weighted by Crippen LogP contribution is -2.26. The number of nitrogens with zero attached hydrogens (tertiary/aromatic N) is 3. The molecule has 1 aliphatic rings. The summed E-state index contributed by atoms with van der Waals surface area (Å²) in [6.07, 6.45) is 3.72. The van der Waals surface area contributed by atoms with Gasteiger partial charge in [-0.2, -0.15) is 0 Å². The van der Waals surface area contributed by atoms with Crippen molar-refractivity contribution in [2.75, 3.05) is 6.54 Å². The van der Waals surface area contributed by atoms with E-state index in [0.29, 0.717) is 31.1 Å². The Morgan fingerprint density at radius 1 is 1.30 bits per heavy atom. The van der Waals surface area contributed by atoms with Gasteiger partial charge in [0.25, 0.3) is 0 Å². The highest BCUT2D eigenvalue weighted by molar-refractivity contribution is 5.23. The van der Waals surface area contributed by atoms with Gasteiger partial charge in [-0.1, -0.05) is 6.07 Å². The monoisotopic (exact) mass is 321 g/mol. The molecule has 1 aliphatic heterocycles. The van der Waals surface area contributed by atoms with Crippen LogP contribution < -0.4 is 0 Å². The van der Waals surface area contributed by atoms with Crippen LogP contribution in [-0.2, 0) is 6.54 Å². The van der Waals surface area contributed by atoms with E-state index in [0.717, 1.165) is 11.9 Å². The second-order valence-corrected chi connectivity index (χ2v) is 6.35. The second kappa shape index (κ2) is 6.37. The number of β-amino-alcohol motifs (C(OH)–C–C–N with tert-alkyl or cyclic N) is 1. The molecule has 4 nitrogen and oxygen atoms in total. The van der Waals surface area contributed by atoms with Gasteiger partial charge in [0.15, 0.2) is 11.6 Å². The normalized spacial score (nSPS) is 22.2. The number of benzene rings is 1. The van der Waals surface area contributed by atoms with E-state index in [-0.39, 0.29) is 6.04 Å². The summed E-state index contributed by atoms with van der Waals surface area (Å²) in [6.45, 7) is 5.22. The van der Waals surface area contributed by atoms with Crippen molar-refractivity contribution in [1.82, 2.24) is 14.5 Å². The fourth-order valence-electron chi connectivity index (χ4n) is 3.24. The number of aliphatic hydroxyl groups is 1. The molecule has 0 saturated carbocycles. The van der Waals surface area contributed by atoms with E-state index < -0.39 is 17.7 Å². The zero-order valence-corrected chi connectivity index (χ0v) is 13.3. The van der Waals surface area contributed by atoms with Gasteiger partial charge in [-0.15, -0.1) is 0 Å². The Hall–Kier alpha value is -1.79. The van der Waals surface area contributed by atoms with Crippen LogP contribution in [0.3, 0.4) is 0 Å². The highest BCUT2D eigenvalue weighted by atomic mass is 19.2. The lowest BCUT2D eigenvalue weighted by atomic mass is 10.0. The van der Waals surface area contributed by atoms with Crippen molar-refractivity contribution in [3.05, 3.63) is 53.6 Å². The lowest BCUT2D eigenvalue weighted by Gasteiger charge is -2.25. The Morgan fingerprint density at radius 3 is 2.78 bits per heavy atom. The first-order chi connectivity index (χ1) is 11.0. The summed E-state index contributed by atoms with van der Waals surface area (Å²) >= 11 is 0. The smallest absolute Gasteiger partial charge is 0.159 e. The third-order valence-electron chi connectivity index (χ3n) is 4.36. The Balaban J connectivity index is 1.85. The maximum Gasteiger partial charge on any atom is 0.159 e.